The summed E-state index contributed by atoms with van der Waals surface area (Å²) in [6.07, 6.45) is 2.37. The van der Waals surface area contributed by atoms with Gasteiger partial charge in [-0.2, -0.15) is 0 Å². The topological polar surface area (TPSA) is 49.4 Å². The SMILES string of the molecule is Cc1ccccc1NC(=O)[C@H]1CC(=O)N(c2ccc3c4c(cccc24)CC3)C1. The summed E-state index contributed by atoms with van der Waals surface area (Å²) in [6, 6.07) is 18.2. The van der Waals surface area contributed by atoms with Crippen molar-refractivity contribution in [1.29, 1.82) is 0 Å². The lowest BCUT2D eigenvalue weighted by Gasteiger charge is -2.20. The molecule has 0 spiro atoms. The van der Waals surface area contributed by atoms with Gasteiger partial charge in [0.1, 0.15) is 0 Å². The fraction of sp³-hybridized carbons (Fsp3) is 0.250. The number of aryl methyl sites for hydroxylation is 3. The van der Waals surface area contributed by atoms with Crippen molar-refractivity contribution in [1.82, 2.24) is 0 Å². The van der Waals surface area contributed by atoms with E-state index in [-0.39, 0.29) is 24.2 Å². The molecule has 1 N–H and O–H groups in total. The maximum Gasteiger partial charge on any atom is 0.229 e. The highest BCUT2D eigenvalue weighted by Crippen LogP contribution is 2.38. The van der Waals surface area contributed by atoms with E-state index in [2.05, 4.69) is 29.6 Å². The molecule has 2 aliphatic rings. The third-order valence-corrected chi connectivity index (χ3v) is 6.04. The van der Waals surface area contributed by atoms with Crippen molar-refractivity contribution < 1.29 is 9.59 Å². The van der Waals surface area contributed by atoms with E-state index >= 15 is 0 Å². The van der Waals surface area contributed by atoms with Gasteiger partial charge in [0.25, 0.3) is 0 Å². The minimum absolute atomic E-state index is 0.0173. The highest BCUT2D eigenvalue weighted by atomic mass is 16.2. The van der Waals surface area contributed by atoms with Crippen LogP contribution in [-0.4, -0.2) is 18.4 Å². The summed E-state index contributed by atoms with van der Waals surface area (Å²) in [7, 11) is 0. The van der Waals surface area contributed by atoms with Gasteiger partial charge in [-0.25, -0.2) is 0 Å². The van der Waals surface area contributed by atoms with Crippen molar-refractivity contribution in [3.05, 3.63) is 71.3 Å². The van der Waals surface area contributed by atoms with Gasteiger partial charge in [0.2, 0.25) is 11.8 Å². The van der Waals surface area contributed by atoms with Crippen molar-refractivity contribution in [2.75, 3.05) is 16.8 Å². The zero-order chi connectivity index (χ0) is 19.3. The molecule has 0 bridgehead atoms. The molecule has 5 rings (SSSR count). The molecule has 4 heteroatoms. The van der Waals surface area contributed by atoms with Crippen LogP contribution in [0.25, 0.3) is 10.8 Å². The Morgan fingerprint density at radius 1 is 1.00 bits per heavy atom. The molecule has 2 amide bonds. The molecular formula is C24H22N2O2. The van der Waals surface area contributed by atoms with E-state index < -0.39 is 0 Å². The van der Waals surface area contributed by atoms with Crippen LogP contribution in [0.4, 0.5) is 11.4 Å². The number of hydrogen-bond donors (Lipinski definition) is 1. The molecule has 1 aliphatic carbocycles. The van der Waals surface area contributed by atoms with Crippen LogP contribution in [-0.2, 0) is 22.4 Å². The van der Waals surface area contributed by atoms with Crippen LogP contribution < -0.4 is 10.2 Å². The van der Waals surface area contributed by atoms with Gasteiger partial charge >= 0.3 is 0 Å². The van der Waals surface area contributed by atoms with E-state index in [1.54, 1.807) is 4.90 Å². The lowest BCUT2D eigenvalue weighted by atomic mass is 10.0. The Balaban J connectivity index is 1.43. The van der Waals surface area contributed by atoms with Gasteiger partial charge in [-0.1, -0.05) is 42.5 Å². The molecule has 140 valence electrons. The maximum atomic E-state index is 12.8. The number of rotatable bonds is 3. The molecule has 1 fully saturated rings. The van der Waals surface area contributed by atoms with Crippen molar-refractivity contribution in [3.63, 3.8) is 0 Å². The first-order valence-corrected chi connectivity index (χ1v) is 9.82. The highest BCUT2D eigenvalue weighted by molar-refractivity contribution is 6.09. The number of carbonyl (C=O) groups excluding carboxylic acids is 2. The molecule has 1 aliphatic heterocycles. The van der Waals surface area contributed by atoms with Crippen LogP contribution in [0.15, 0.2) is 54.6 Å². The minimum Gasteiger partial charge on any atom is -0.326 e. The normalized spacial score (nSPS) is 18.1. The van der Waals surface area contributed by atoms with Crippen molar-refractivity contribution in [2.24, 2.45) is 5.92 Å². The Bertz CT molecular complexity index is 1110. The van der Waals surface area contributed by atoms with E-state index in [4.69, 9.17) is 0 Å². The van der Waals surface area contributed by atoms with Gasteiger partial charge in [-0.15, -0.1) is 0 Å². The summed E-state index contributed by atoms with van der Waals surface area (Å²) in [6.45, 7) is 2.39. The second kappa shape index (κ2) is 6.48. The molecule has 0 saturated carbocycles. The van der Waals surface area contributed by atoms with Crippen molar-refractivity contribution >= 4 is 34.0 Å². The summed E-state index contributed by atoms with van der Waals surface area (Å²) in [4.78, 5) is 27.4. The summed E-state index contributed by atoms with van der Waals surface area (Å²) in [5.41, 5.74) is 5.47. The molecular weight excluding hydrogens is 348 g/mol. The van der Waals surface area contributed by atoms with Crippen LogP contribution in [0.2, 0.25) is 0 Å². The molecule has 0 unspecified atom stereocenters. The Morgan fingerprint density at radius 2 is 1.79 bits per heavy atom. The molecule has 1 atom stereocenters. The number of anilines is 2. The second-order valence-electron chi connectivity index (χ2n) is 7.79. The number of nitrogens with zero attached hydrogens (tertiary/aromatic N) is 1. The van der Waals surface area contributed by atoms with Crippen LogP contribution in [0.5, 0.6) is 0 Å². The Labute approximate surface area is 164 Å². The fourth-order valence-electron chi connectivity index (χ4n) is 4.53. The van der Waals surface area contributed by atoms with Gasteiger partial charge in [0.05, 0.1) is 11.6 Å². The Hall–Kier alpha value is -3.14. The number of amides is 2. The lowest BCUT2D eigenvalue weighted by molar-refractivity contribution is -0.122. The average molecular weight is 370 g/mol. The van der Waals surface area contributed by atoms with Crippen molar-refractivity contribution in [3.8, 4) is 0 Å². The predicted molar refractivity (Wildman–Crippen MR) is 112 cm³/mol. The number of benzene rings is 3. The highest BCUT2D eigenvalue weighted by Gasteiger charge is 2.36. The summed E-state index contributed by atoms with van der Waals surface area (Å²) >= 11 is 0. The minimum atomic E-state index is -0.338. The van der Waals surface area contributed by atoms with E-state index in [0.717, 1.165) is 35.2 Å². The summed E-state index contributed by atoms with van der Waals surface area (Å²) in [5.74, 6) is -0.408. The van der Waals surface area contributed by atoms with Crippen LogP contribution in [0.1, 0.15) is 23.1 Å². The monoisotopic (exact) mass is 370 g/mol. The number of nitrogens with one attached hydrogen (secondary N) is 1. The second-order valence-corrected chi connectivity index (χ2v) is 7.79. The van der Waals surface area contributed by atoms with Gasteiger partial charge in [0, 0.05) is 24.0 Å². The Morgan fingerprint density at radius 3 is 2.61 bits per heavy atom. The number of hydrogen-bond acceptors (Lipinski definition) is 2. The van der Waals surface area contributed by atoms with E-state index in [9.17, 15) is 9.59 Å². The van der Waals surface area contributed by atoms with Gasteiger partial charge < -0.3 is 10.2 Å². The standard InChI is InChI=1S/C24H22N2O2/c1-15-5-2-3-8-20(15)25-24(28)18-13-22(27)26(14-18)21-12-11-17-10-9-16-6-4-7-19(21)23(16)17/h2-8,11-12,18H,9-10,13-14H2,1H3,(H,25,28)/t18-/m0/s1. The largest absolute Gasteiger partial charge is 0.326 e. The fourth-order valence-corrected chi connectivity index (χ4v) is 4.53. The van der Waals surface area contributed by atoms with E-state index in [0.29, 0.717) is 6.54 Å². The quantitative estimate of drug-likeness (QED) is 0.750. The summed E-state index contributed by atoms with van der Waals surface area (Å²) < 4.78 is 0. The molecule has 4 nitrogen and oxygen atoms in total. The first-order chi connectivity index (χ1) is 13.6. The molecule has 1 saturated heterocycles. The third kappa shape index (κ3) is 2.68. The zero-order valence-corrected chi connectivity index (χ0v) is 15.9. The molecule has 0 radical (unpaired) electrons. The molecule has 0 aromatic heterocycles. The number of para-hydroxylation sites is 1. The van der Waals surface area contributed by atoms with Gasteiger partial charge in [-0.05, 0) is 54.0 Å². The Kier molecular flexibility index (Phi) is 3.93. The van der Waals surface area contributed by atoms with Crippen molar-refractivity contribution in [2.45, 2.75) is 26.2 Å². The summed E-state index contributed by atoms with van der Waals surface area (Å²) in [5, 5.41) is 5.41. The first-order valence-electron chi connectivity index (χ1n) is 9.82. The number of carbonyl (C=O) groups is 2. The first kappa shape index (κ1) is 17.0. The molecule has 28 heavy (non-hydrogen) atoms. The maximum absolute atomic E-state index is 12.8. The molecule has 3 aromatic carbocycles. The van der Waals surface area contributed by atoms with E-state index in [1.807, 2.05) is 37.3 Å². The molecule has 1 heterocycles. The van der Waals surface area contributed by atoms with Gasteiger partial charge in [0.15, 0.2) is 0 Å². The van der Waals surface area contributed by atoms with Gasteiger partial charge in [-0.3, -0.25) is 9.59 Å². The zero-order valence-electron chi connectivity index (χ0n) is 15.9. The van der Waals surface area contributed by atoms with Crippen LogP contribution >= 0.6 is 0 Å². The predicted octanol–water partition coefficient (Wildman–Crippen LogP) is 4.24. The van der Waals surface area contributed by atoms with E-state index in [1.165, 1.54) is 16.5 Å². The van der Waals surface area contributed by atoms with Crippen LogP contribution in [0.3, 0.4) is 0 Å². The molecule has 3 aromatic rings. The third-order valence-electron chi connectivity index (χ3n) is 6.04. The average Bonchev–Trinajstić information content (AvgIpc) is 3.29. The lowest BCUT2D eigenvalue weighted by Crippen LogP contribution is -2.28. The smallest absolute Gasteiger partial charge is 0.229 e. The van der Waals surface area contributed by atoms with Crippen LogP contribution in [0, 0.1) is 12.8 Å².